The molecule has 2 aromatic rings. The Morgan fingerprint density at radius 1 is 1.22 bits per heavy atom. The molecule has 1 aliphatic rings. The molecule has 0 aliphatic carbocycles. The Bertz CT molecular complexity index is 827. The maximum absolute atomic E-state index is 14.6. The number of anilines is 1. The fourth-order valence-electron chi connectivity index (χ4n) is 3.35. The van der Waals surface area contributed by atoms with Crippen LogP contribution in [0.1, 0.15) is 22.8 Å². The summed E-state index contributed by atoms with van der Waals surface area (Å²) in [7, 11) is 1.60. The van der Waals surface area contributed by atoms with Crippen LogP contribution < -0.4 is 14.5 Å². The fourth-order valence-corrected chi connectivity index (χ4v) is 3.35. The van der Waals surface area contributed by atoms with Gasteiger partial charge < -0.3 is 14.5 Å². The largest absolute Gasteiger partial charge is 0.497 e. The Hall–Kier alpha value is -2.66. The smallest absolute Gasteiger partial charge is 0.185 e. The highest BCUT2D eigenvalue weighted by atomic mass is 19.1. The molecule has 0 spiro atoms. The number of halogens is 1. The van der Waals surface area contributed by atoms with E-state index < -0.39 is 0 Å². The Morgan fingerprint density at radius 3 is 2.67 bits per heavy atom. The van der Waals surface area contributed by atoms with Crippen molar-refractivity contribution in [1.82, 2.24) is 0 Å². The number of allylic oxidation sites excluding steroid dienone is 1. The van der Waals surface area contributed by atoms with Crippen molar-refractivity contribution in [3.8, 4) is 5.75 Å². The first-order chi connectivity index (χ1) is 13.1. The SMILES string of the molecule is CC[NH+]1CCN(c2ccc(C(=O)/C=C/c3cccc(OC)c3)cc2F)CC1. The van der Waals surface area contributed by atoms with Gasteiger partial charge in [-0.3, -0.25) is 4.79 Å². The predicted octanol–water partition coefficient (Wildman–Crippen LogP) is 2.46. The van der Waals surface area contributed by atoms with Gasteiger partial charge in [0.25, 0.3) is 0 Å². The van der Waals surface area contributed by atoms with E-state index in [1.807, 2.05) is 24.3 Å². The third-order valence-electron chi connectivity index (χ3n) is 5.06. The number of hydrogen-bond donors (Lipinski definition) is 1. The molecule has 4 nitrogen and oxygen atoms in total. The topological polar surface area (TPSA) is 34.0 Å². The van der Waals surface area contributed by atoms with Crippen LogP contribution in [0.2, 0.25) is 0 Å². The molecule has 1 N–H and O–H groups in total. The highest BCUT2D eigenvalue weighted by molar-refractivity contribution is 6.07. The summed E-state index contributed by atoms with van der Waals surface area (Å²) in [5, 5.41) is 0. The summed E-state index contributed by atoms with van der Waals surface area (Å²) in [4.78, 5) is 16.0. The van der Waals surface area contributed by atoms with Gasteiger partial charge in [0, 0.05) is 5.56 Å². The van der Waals surface area contributed by atoms with Crippen molar-refractivity contribution < 1.29 is 18.8 Å². The van der Waals surface area contributed by atoms with Gasteiger partial charge in [0.2, 0.25) is 0 Å². The summed E-state index contributed by atoms with van der Waals surface area (Å²) in [5.74, 6) is 0.170. The maximum atomic E-state index is 14.6. The van der Waals surface area contributed by atoms with Crippen molar-refractivity contribution in [3.63, 3.8) is 0 Å². The number of quaternary nitrogens is 1. The van der Waals surface area contributed by atoms with Gasteiger partial charge in [0.15, 0.2) is 5.78 Å². The number of ether oxygens (including phenoxy) is 1. The van der Waals surface area contributed by atoms with Crippen molar-refractivity contribution >= 4 is 17.5 Å². The molecule has 0 atom stereocenters. The summed E-state index contributed by atoms with van der Waals surface area (Å²) >= 11 is 0. The molecule has 0 bridgehead atoms. The van der Waals surface area contributed by atoms with Gasteiger partial charge in [-0.15, -0.1) is 0 Å². The monoisotopic (exact) mass is 369 g/mol. The molecule has 5 heteroatoms. The molecule has 2 aromatic carbocycles. The van der Waals surface area contributed by atoms with Gasteiger partial charge in [-0.2, -0.15) is 0 Å². The van der Waals surface area contributed by atoms with E-state index in [4.69, 9.17) is 4.74 Å². The lowest BCUT2D eigenvalue weighted by Gasteiger charge is -2.33. The number of carbonyl (C=O) groups excluding carboxylic acids is 1. The van der Waals surface area contributed by atoms with Crippen LogP contribution in [-0.2, 0) is 0 Å². The summed E-state index contributed by atoms with van der Waals surface area (Å²) in [5.41, 5.74) is 1.79. The van der Waals surface area contributed by atoms with Gasteiger partial charge in [-0.1, -0.05) is 18.2 Å². The van der Waals surface area contributed by atoms with Gasteiger partial charge in [-0.25, -0.2) is 4.39 Å². The van der Waals surface area contributed by atoms with E-state index in [0.717, 1.165) is 44.0 Å². The Labute approximate surface area is 159 Å². The minimum Gasteiger partial charge on any atom is -0.497 e. The normalized spacial score (nSPS) is 15.3. The number of rotatable bonds is 6. The van der Waals surface area contributed by atoms with Crippen LogP contribution in [0.4, 0.5) is 10.1 Å². The van der Waals surface area contributed by atoms with Crippen molar-refractivity contribution in [2.75, 3.05) is 44.7 Å². The van der Waals surface area contributed by atoms with Gasteiger partial charge in [0.05, 0.1) is 45.5 Å². The second-order valence-electron chi connectivity index (χ2n) is 6.73. The van der Waals surface area contributed by atoms with Crippen molar-refractivity contribution in [3.05, 3.63) is 65.5 Å². The first kappa shape index (κ1) is 19.1. The zero-order chi connectivity index (χ0) is 19.2. The number of piperazine rings is 1. The molecule has 1 aliphatic heterocycles. The lowest BCUT2D eigenvalue weighted by molar-refractivity contribution is -0.898. The summed E-state index contributed by atoms with van der Waals surface area (Å²) in [6.45, 7) is 6.97. The molecule has 1 saturated heterocycles. The zero-order valence-electron chi connectivity index (χ0n) is 15.9. The maximum Gasteiger partial charge on any atom is 0.185 e. The number of hydrogen-bond acceptors (Lipinski definition) is 3. The van der Waals surface area contributed by atoms with Crippen LogP contribution in [0.5, 0.6) is 5.75 Å². The van der Waals surface area contributed by atoms with E-state index in [1.54, 1.807) is 30.2 Å². The Balaban J connectivity index is 1.69. The summed E-state index contributed by atoms with van der Waals surface area (Å²) in [6, 6.07) is 12.2. The average Bonchev–Trinajstić information content (AvgIpc) is 2.72. The predicted molar refractivity (Wildman–Crippen MR) is 106 cm³/mol. The highest BCUT2D eigenvalue weighted by Gasteiger charge is 2.21. The molecule has 0 radical (unpaired) electrons. The molecule has 0 aromatic heterocycles. The molecular weight excluding hydrogens is 343 g/mol. The second kappa shape index (κ2) is 8.82. The molecule has 0 saturated carbocycles. The van der Waals surface area contributed by atoms with Crippen molar-refractivity contribution in [2.24, 2.45) is 0 Å². The molecule has 0 unspecified atom stereocenters. The van der Waals surface area contributed by atoms with Crippen LogP contribution in [0, 0.1) is 5.82 Å². The minimum atomic E-state index is -0.337. The van der Waals surface area contributed by atoms with E-state index in [1.165, 1.54) is 12.1 Å². The van der Waals surface area contributed by atoms with Gasteiger partial charge in [0.1, 0.15) is 11.6 Å². The van der Waals surface area contributed by atoms with Crippen LogP contribution >= 0.6 is 0 Å². The average molecular weight is 369 g/mol. The number of methoxy groups -OCH3 is 1. The first-order valence-corrected chi connectivity index (χ1v) is 9.35. The number of benzene rings is 2. The quantitative estimate of drug-likeness (QED) is 0.627. The van der Waals surface area contributed by atoms with E-state index in [-0.39, 0.29) is 11.6 Å². The van der Waals surface area contributed by atoms with E-state index >= 15 is 0 Å². The molecular formula is C22H26FN2O2+. The van der Waals surface area contributed by atoms with Crippen LogP contribution in [0.3, 0.4) is 0 Å². The molecule has 1 heterocycles. The van der Waals surface area contributed by atoms with E-state index in [0.29, 0.717) is 11.3 Å². The van der Waals surface area contributed by atoms with Crippen molar-refractivity contribution in [2.45, 2.75) is 6.92 Å². The van der Waals surface area contributed by atoms with Gasteiger partial charge >= 0.3 is 0 Å². The lowest BCUT2D eigenvalue weighted by atomic mass is 10.1. The molecule has 0 amide bonds. The first-order valence-electron chi connectivity index (χ1n) is 9.35. The van der Waals surface area contributed by atoms with E-state index in [9.17, 15) is 9.18 Å². The van der Waals surface area contributed by atoms with Gasteiger partial charge in [-0.05, 0) is 48.9 Å². The number of nitrogens with one attached hydrogen (secondary N) is 1. The Kier molecular flexibility index (Phi) is 6.24. The molecule has 3 rings (SSSR count). The summed E-state index contributed by atoms with van der Waals surface area (Å²) < 4.78 is 19.8. The lowest BCUT2D eigenvalue weighted by Crippen LogP contribution is -3.14. The van der Waals surface area contributed by atoms with Crippen LogP contribution in [0.25, 0.3) is 6.08 Å². The molecule has 142 valence electrons. The third kappa shape index (κ3) is 4.74. The highest BCUT2D eigenvalue weighted by Crippen LogP contribution is 2.21. The number of ketones is 1. The van der Waals surface area contributed by atoms with Crippen LogP contribution in [-0.4, -0.2) is 45.6 Å². The minimum absolute atomic E-state index is 0.219. The third-order valence-corrected chi connectivity index (χ3v) is 5.06. The summed E-state index contributed by atoms with van der Waals surface area (Å²) in [6.07, 6.45) is 3.18. The van der Waals surface area contributed by atoms with Crippen LogP contribution in [0.15, 0.2) is 48.5 Å². The zero-order valence-corrected chi connectivity index (χ0v) is 15.9. The fraction of sp³-hybridized carbons (Fsp3) is 0.318. The Morgan fingerprint density at radius 2 is 2.00 bits per heavy atom. The van der Waals surface area contributed by atoms with E-state index in [2.05, 4.69) is 11.8 Å². The molecule has 27 heavy (non-hydrogen) atoms. The van der Waals surface area contributed by atoms with Crippen molar-refractivity contribution in [1.29, 1.82) is 0 Å². The second-order valence-corrected chi connectivity index (χ2v) is 6.73. The number of carbonyl (C=O) groups is 1. The standard InChI is InChI=1S/C22H25FN2O2/c1-3-24-11-13-25(14-12-24)21-9-8-18(16-20(21)23)22(26)10-7-17-5-4-6-19(15-17)27-2/h4-10,15-16H,3,11-14H2,1-2H3/p+1/b10-7+. The number of nitrogens with zero attached hydrogens (tertiary/aromatic N) is 1. The number of likely N-dealkylation sites (N-methyl/N-ethyl adjacent to an activating group) is 1. The molecule has 1 fully saturated rings.